The summed E-state index contributed by atoms with van der Waals surface area (Å²) in [5, 5.41) is 9.60. The molecule has 1 aliphatic rings. The molecule has 3 rings (SSSR count). The van der Waals surface area contributed by atoms with Crippen molar-refractivity contribution in [2.75, 3.05) is 38.1 Å². The number of piperazine rings is 1. The van der Waals surface area contributed by atoms with Gasteiger partial charge in [-0.15, -0.1) is 0 Å². The molecule has 1 atom stereocenters. The van der Waals surface area contributed by atoms with Crippen LogP contribution < -0.4 is 4.90 Å². The molecule has 1 aliphatic heterocycles. The molecule has 8 heteroatoms. The zero-order valence-corrected chi connectivity index (χ0v) is 21.8. The van der Waals surface area contributed by atoms with Crippen molar-refractivity contribution < 1.29 is 19.4 Å². The van der Waals surface area contributed by atoms with Gasteiger partial charge in [0.15, 0.2) is 0 Å². The van der Waals surface area contributed by atoms with E-state index in [-0.39, 0.29) is 11.7 Å². The van der Waals surface area contributed by atoms with Gasteiger partial charge in [-0.3, -0.25) is 9.69 Å². The highest BCUT2D eigenvalue weighted by Gasteiger charge is 2.34. The van der Waals surface area contributed by atoms with Crippen LogP contribution in [0.3, 0.4) is 0 Å². The lowest BCUT2D eigenvalue weighted by atomic mass is 10.0. The summed E-state index contributed by atoms with van der Waals surface area (Å²) < 4.78 is 6.71. The Morgan fingerprint density at radius 1 is 1.03 bits per heavy atom. The minimum absolute atomic E-state index is 0.0984. The third kappa shape index (κ3) is 6.99. The second kappa shape index (κ2) is 10.6. The Kier molecular flexibility index (Phi) is 8.10. The fourth-order valence-electron chi connectivity index (χ4n) is 3.75. The summed E-state index contributed by atoms with van der Waals surface area (Å²) in [6.45, 7) is 8.04. The number of rotatable bonds is 5. The number of benzene rings is 2. The van der Waals surface area contributed by atoms with Crippen molar-refractivity contribution >= 4 is 40.3 Å². The van der Waals surface area contributed by atoms with Crippen LogP contribution in [0.5, 0.6) is 5.75 Å². The van der Waals surface area contributed by atoms with Crippen LogP contribution in [-0.2, 0) is 16.0 Å². The largest absolute Gasteiger partial charge is 0.508 e. The van der Waals surface area contributed by atoms with Crippen LogP contribution >= 0.6 is 22.6 Å². The molecule has 2 aromatic rings. The summed E-state index contributed by atoms with van der Waals surface area (Å²) in [6, 6.07) is 14.4. The molecule has 178 valence electrons. The van der Waals surface area contributed by atoms with E-state index in [9.17, 15) is 14.7 Å². The maximum atomic E-state index is 13.6. The number of likely N-dealkylation sites (N-methyl/N-ethyl adjacent to an activating group) is 1. The van der Waals surface area contributed by atoms with Crippen molar-refractivity contribution in [2.45, 2.75) is 38.8 Å². The van der Waals surface area contributed by atoms with Gasteiger partial charge in [-0.05, 0) is 85.3 Å². The van der Waals surface area contributed by atoms with Crippen LogP contribution in [0.4, 0.5) is 10.5 Å². The normalized spacial score (nSPS) is 15.2. The van der Waals surface area contributed by atoms with E-state index in [1.807, 2.05) is 4.90 Å². The highest BCUT2D eigenvalue weighted by Crippen LogP contribution is 2.21. The van der Waals surface area contributed by atoms with E-state index in [0.29, 0.717) is 19.5 Å². The molecule has 1 fully saturated rings. The van der Waals surface area contributed by atoms with Crippen LogP contribution in [-0.4, -0.2) is 71.8 Å². The molecule has 0 unspecified atom stereocenters. The molecule has 0 aromatic heterocycles. The van der Waals surface area contributed by atoms with E-state index in [1.165, 1.54) is 8.47 Å². The van der Waals surface area contributed by atoms with Gasteiger partial charge in [-0.2, -0.15) is 0 Å². The van der Waals surface area contributed by atoms with E-state index >= 15 is 0 Å². The van der Waals surface area contributed by atoms with Gasteiger partial charge in [0.25, 0.3) is 0 Å². The van der Waals surface area contributed by atoms with E-state index in [1.54, 1.807) is 52.1 Å². The molecular weight excluding hydrogens is 533 g/mol. The van der Waals surface area contributed by atoms with Crippen molar-refractivity contribution in [3.05, 3.63) is 57.7 Å². The zero-order chi connectivity index (χ0) is 24.2. The van der Waals surface area contributed by atoms with Crippen LogP contribution in [0.2, 0.25) is 0 Å². The fraction of sp³-hybridized carbons (Fsp3) is 0.440. The Balaban J connectivity index is 1.73. The number of halogens is 1. The molecular formula is C25H32IN3O4. The van der Waals surface area contributed by atoms with E-state index in [4.69, 9.17) is 4.74 Å². The van der Waals surface area contributed by atoms with Crippen LogP contribution in [0.25, 0.3) is 0 Å². The second-order valence-electron chi connectivity index (χ2n) is 9.27. The number of amides is 2. The zero-order valence-electron chi connectivity index (χ0n) is 19.6. The minimum Gasteiger partial charge on any atom is -0.508 e. The smallest absolute Gasteiger partial charge is 0.410 e. The van der Waals surface area contributed by atoms with Gasteiger partial charge in [-0.25, -0.2) is 4.79 Å². The Hall–Kier alpha value is -2.49. The third-order valence-electron chi connectivity index (χ3n) is 5.58. The number of carbonyl (C=O) groups is 2. The fourth-order valence-corrected chi connectivity index (χ4v) is 4.11. The van der Waals surface area contributed by atoms with Crippen molar-refractivity contribution in [3.63, 3.8) is 0 Å². The molecule has 0 saturated carbocycles. The van der Waals surface area contributed by atoms with E-state index in [0.717, 1.165) is 24.3 Å². The van der Waals surface area contributed by atoms with Gasteiger partial charge in [-0.1, -0.05) is 12.1 Å². The topological polar surface area (TPSA) is 73.3 Å². The summed E-state index contributed by atoms with van der Waals surface area (Å²) in [4.78, 5) is 31.9. The summed E-state index contributed by atoms with van der Waals surface area (Å²) in [7, 11) is 1.61. The molecule has 0 aliphatic carbocycles. The van der Waals surface area contributed by atoms with Crippen LogP contribution in [0, 0.1) is 3.57 Å². The Labute approximate surface area is 209 Å². The molecule has 0 radical (unpaired) electrons. The molecule has 1 heterocycles. The number of hydrogen-bond acceptors (Lipinski definition) is 5. The first-order valence-corrected chi connectivity index (χ1v) is 12.1. The Morgan fingerprint density at radius 3 is 2.15 bits per heavy atom. The van der Waals surface area contributed by atoms with Gasteiger partial charge in [0, 0.05) is 48.9 Å². The Morgan fingerprint density at radius 2 is 1.61 bits per heavy atom. The number of aromatic hydroxyl groups is 1. The number of phenolic OH excluding ortho intramolecular Hbond substituents is 1. The Bertz CT molecular complexity index is 949. The monoisotopic (exact) mass is 565 g/mol. The molecule has 7 nitrogen and oxygen atoms in total. The lowest BCUT2D eigenvalue weighted by Gasteiger charge is -2.39. The highest BCUT2D eigenvalue weighted by molar-refractivity contribution is 14.1. The maximum absolute atomic E-state index is 13.6. The number of carbonyl (C=O) groups excluding carboxylic acids is 2. The molecule has 0 bridgehead atoms. The number of anilines is 1. The lowest BCUT2D eigenvalue weighted by Crippen LogP contribution is -2.56. The summed E-state index contributed by atoms with van der Waals surface area (Å²) in [5.41, 5.74) is 1.35. The van der Waals surface area contributed by atoms with Gasteiger partial charge in [0.05, 0.1) is 0 Å². The average Bonchev–Trinajstić information content (AvgIpc) is 2.77. The molecule has 0 spiro atoms. The summed E-state index contributed by atoms with van der Waals surface area (Å²) in [5.74, 6) is 0.0625. The van der Waals surface area contributed by atoms with Gasteiger partial charge < -0.3 is 19.6 Å². The number of hydrogen-bond donors (Lipinski definition) is 1. The first-order chi connectivity index (χ1) is 15.5. The number of phenols is 1. The maximum Gasteiger partial charge on any atom is 0.410 e. The van der Waals surface area contributed by atoms with Crippen molar-refractivity contribution in [1.29, 1.82) is 0 Å². The summed E-state index contributed by atoms with van der Waals surface area (Å²) in [6.07, 6.45) is -0.191. The van der Waals surface area contributed by atoms with E-state index in [2.05, 4.69) is 51.8 Å². The summed E-state index contributed by atoms with van der Waals surface area (Å²) >= 11 is 2.29. The lowest BCUT2D eigenvalue weighted by molar-refractivity contribution is -0.136. The van der Waals surface area contributed by atoms with Crippen molar-refractivity contribution in [1.82, 2.24) is 9.80 Å². The second-order valence-corrected chi connectivity index (χ2v) is 10.5. The van der Waals surface area contributed by atoms with Crippen molar-refractivity contribution in [3.8, 4) is 5.75 Å². The number of ether oxygens (including phenoxy) is 1. The number of nitrogens with zero attached hydrogens (tertiary/aromatic N) is 3. The first kappa shape index (κ1) is 25.1. The molecule has 33 heavy (non-hydrogen) atoms. The molecule has 1 N–H and O–H groups in total. The van der Waals surface area contributed by atoms with Gasteiger partial charge >= 0.3 is 6.09 Å². The minimum atomic E-state index is -0.700. The SMILES string of the molecule is CN(C(=O)OC(C)(C)C)[C@@H](Cc1ccc(O)cc1)C(=O)N1CCN(c2ccc(I)cc2)CC1. The van der Waals surface area contributed by atoms with Crippen molar-refractivity contribution in [2.24, 2.45) is 0 Å². The predicted octanol–water partition coefficient (Wildman–Crippen LogP) is 4.12. The third-order valence-corrected chi connectivity index (χ3v) is 6.30. The standard InChI is InChI=1S/C25H32IN3O4/c1-25(2,3)33-24(32)27(4)22(17-18-5-11-21(30)12-6-18)23(31)29-15-13-28(14-16-29)20-9-7-19(26)8-10-20/h5-12,22,30H,13-17H2,1-4H3/t22-/m0/s1. The first-order valence-electron chi connectivity index (χ1n) is 11.1. The predicted molar refractivity (Wildman–Crippen MR) is 138 cm³/mol. The van der Waals surface area contributed by atoms with Gasteiger partial charge in [0.1, 0.15) is 17.4 Å². The highest BCUT2D eigenvalue weighted by atomic mass is 127. The molecule has 2 aromatic carbocycles. The molecule has 1 saturated heterocycles. The van der Waals surface area contributed by atoms with Crippen LogP contribution in [0.15, 0.2) is 48.5 Å². The van der Waals surface area contributed by atoms with Gasteiger partial charge in [0.2, 0.25) is 5.91 Å². The average molecular weight is 565 g/mol. The van der Waals surface area contributed by atoms with E-state index < -0.39 is 17.7 Å². The molecule has 2 amide bonds. The quantitative estimate of drug-likeness (QED) is 0.553. The van der Waals surface area contributed by atoms with Crippen LogP contribution in [0.1, 0.15) is 26.3 Å².